The van der Waals surface area contributed by atoms with Crippen molar-refractivity contribution in [1.82, 2.24) is 0 Å². The number of hydrogen-bond donors (Lipinski definition) is 0. The van der Waals surface area contributed by atoms with Crippen LogP contribution in [0.25, 0.3) is 12.2 Å². The van der Waals surface area contributed by atoms with Gasteiger partial charge < -0.3 is 18.3 Å². The van der Waals surface area contributed by atoms with Gasteiger partial charge in [-0.2, -0.15) is 0 Å². The van der Waals surface area contributed by atoms with Gasteiger partial charge in [0.05, 0.1) is 17.8 Å². The van der Waals surface area contributed by atoms with Crippen molar-refractivity contribution in [2.45, 2.75) is 151 Å². The van der Waals surface area contributed by atoms with Gasteiger partial charge in [-0.3, -0.25) is 0 Å². The molecule has 1 fully saturated rings. The van der Waals surface area contributed by atoms with E-state index in [9.17, 15) is 0 Å². The highest BCUT2D eigenvalue weighted by Crippen LogP contribution is 2.45. The van der Waals surface area contributed by atoms with Crippen molar-refractivity contribution in [2.75, 3.05) is 6.61 Å². The van der Waals surface area contributed by atoms with Crippen LogP contribution >= 0.6 is 0 Å². The fourth-order valence-electron chi connectivity index (χ4n) is 6.28. The molecule has 1 saturated heterocycles. The number of unbranched alkanes of at least 4 members (excludes halogenated alkanes) is 1. The van der Waals surface area contributed by atoms with Crippen LogP contribution < -0.4 is 0 Å². The molecule has 0 radical (unpaired) electrons. The van der Waals surface area contributed by atoms with Gasteiger partial charge in [-0.15, -0.1) is 0 Å². The van der Waals surface area contributed by atoms with Crippen LogP contribution in [0.5, 0.6) is 0 Å². The average Bonchev–Trinajstić information content (AvgIpc) is 2.95. The first-order valence-corrected chi connectivity index (χ1v) is 23.5. The number of hydrogen-bond acceptors (Lipinski definition) is 4. The maximum Gasteiger partial charge on any atom is 0.171 e. The van der Waals surface area contributed by atoms with Crippen molar-refractivity contribution < 1.29 is 18.3 Å². The predicted molar refractivity (Wildman–Crippen MR) is 202 cm³/mol. The molecule has 0 saturated carbocycles. The monoisotopic (exact) mass is 666 g/mol. The molecule has 2 aromatic rings. The van der Waals surface area contributed by atoms with E-state index in [1.807, 2.05) is 0 Å². The first kappa shape index (κ1) is 38.9. The van der Waals surface area contributed by atoms with Gasteiger partial charge in [0.2, 0.25) is 0 Å². The van der Waals surface area contributed by atoms with Crippen LogP contribution in [0.1, 0.15) is 134 Å². The molecule has 1 aliphatic rings. The molecule has 258 valence electrons. The molecule has 6 heteroatoms. The van der Waals surface area contributed by atoms with Crippen LogP contribution in [-0.4, -0.2) is 36.6 Å². The van der Waals surface area contributed by atoms with Gasteiger partial charge in [-0.05, 0) is 123 Å². The molecule has 3 atom stereocenters. The molecule has 0 bridgehead atoms. The molecule has 0 N–H and O–H groups in total. The van der Waals surface area contributed by atoms with Gasteiger partial charge in [0.25, 0.3) is 0 Å². The van der Waals surface area contributed by atoms with E-state index >= 15 is 0 Å². The molecule has 0 aliphatic carbocycles. The van der Waals surface area contributed by atoms with E-state index in [1.165, 1.54) is 34.2 Å². The summed E-state index contributed by atoms with van der Waals surface area (Å²) in [4.78, 5) is 0. The second-order valence-corrected chi connectivity index (χ2v) is 21.4. The minimum Gasteiger partial charge on any atom is -0.413 e. The Kier molecular flexibility index (Phi) is 14.6. The zero-order valence-electron chi connectivity index (χ0n) is 31.4. The fraction of sp³-hybridized carbons (Fsp3) is 0.650. The van der Waals surface area contributed by atoms with E-state index in [0.29, 0.717) is 0 Å². The van der Waals surface area contributed by atoms with Gasteiger partial charge in [-0.25, -0.2) is 0 Å². The largest absolute Gasteiger partial charge is 0.413 e. The van der Waals surface area contributed by atoms with E-state index in [1.54, 1.807) is 0 Å². The normalized spacial score (nSPS) is 18.1. The van der Waals surface area contributed by atoms with Gasteiger partial charge in [-0.1, -0.05) is 96.5 Å². The van der Waals surface area contributed by atoms with Crippen molar-refractivity contribution in [3.63, 3.8) is 0 Å². The van der Waals surface area contributed by atoms with Gasteiger partial charge in [0.1, 0.15) is 0 Å². The molecule has 3 rings (SSSR count). The van der Waals surface area contributed by atoms with Crippen molar-refractivity contribution in [3.05, 3.63) is 70.3 Å². The zero-order chi connectivity index (χ0) is 34.1. The summed E-state index contributed by atoms with van der Waals surface area (Å²) in [6.45, 7) is 28.1. The van der Waals surface area contributed by atoms with Crippen molar-refractivity contribution in [2.24, 2.45) is 10.8 Å². The zero-order valence-corrected chi connectivity index (χ0v) is 33.7. The van der Waals surface area contributed by atoms with Crippen LogP contribution in [0, 0.1) is 10.8 Å². The first-order valence-electron chi connectivity index (χ1n) is 18.0. The van der Waals surface area contributed by atoms with Crippen LogP contribution in [0.4, 0.5) is 0 Å². The summed E-state index contributed by atoms with van der Waals surface area (Å²) in [5.41, 5.74) is 6.18. The van der Waals surface area contributed by atoms with E-state index in [2.05, 4.69) is 136 Å². The quantitative estimate of drug-likeness (QED) is 0.108. The Morgan fingerprint density at radius 1 is 0.739 bits per heavy atom. The minimum atomic E-state index is -1.30. The van der Waals surface area contributed by atoms with E-state index < -0.39 is 18.1 Å². The molecule has 1 heterocycles. The summed E-state index contributed by atoms with van der Waals surface area (Å²) in [7, 11) is -2.57. The Morgan fingerprint density at radius 3 is 1.85 bits per heavy atom. The van der Waals surface area contributed by atoms with Gasteiger partial charge in [0.15, 0.2) is 24.4 Å². The van der Waals surface area contributed by atoms with Crippen molar-refractivity contribution in [3.8, 4) is 0 Å². The van der Waals surface area contributed by atoms with Gasteiger partial charge >= 0.3 is 0 Å². The summed E-state index contributed by atoms with van der Waals surface area (Å²) >= 11 is 0. The molecule has 3 unspecified atom stereocenters. The third kappa shape index (κ3) is 12.8. The number of rotatable bonds is 15. The van der Waals surface area contributed by atoms with E-state index in [-0.39, 0.29) is 34.9 Å². The van der Waals surface area contributed by atoms with Crippen LogP contribution in [0.15, 0.2) is 42.5 Å². The number of aryl methyl sites for hydroxylation is 1. The lowest BCUT2D eigenvalue weighted by Gasteiger charge is -2.39. The van der Waals surface area contributed by atoms with Gasteiger partial charge in [0, 0.05) is 6.61 Å². The minimum absolute atomic E-state index is 0.0156. The Balaban J connectivity index is 1.72. The average molecular weight is 667 g/mol. The SMILES string of the molecule is C[SiH](C)OC(c1ccc(C=Cc2ccc(CCCCC(C)(C)OC3CCCCO3)cc2)cc1C(O[SiH](C)C)C(C)(C)C)C(C)(C)C. The van der Waals surface area contributed by atoms with Crippen molar-refractivity contribution >= 4 is 30.2 Å². The number of ether oxygens (including phenoxy) is 2. The Morgan fingerprint density at radius 2 is 1.30 bits per heavy atom. The Bertz CT molecular complexity index is 1220. The standard InChI is InChI=1S/C40H66O4Si2/c1-38(2,3)36(43-45(9)10)33-26-25-32(29-34(33)37(39(4,5)6)44-46(11)12)24-23-31-21-19-30(20-22-31)17-13-15-27-40(7,8)42-35-18-14-16-28-41-35/h19-26,29,35-37,45-46H,13-18,27-28H2,1-12H3. The highest BCUT2D eigenvalue weighted by molar-refractivity contribution is 6.48. The van der Waals surface area contributed by atoms with Crippen LogP contribution in [-0.2, 0) is 24.7 Å². The topological polar surface area (TPSA) is 36.9 Å². The van der Waals surface area contributed by atoms with E-state index in [4.69, 9.17) is 18.3 Å². The fourth-order valence-corrected chi connectivity index (χ4v) is 8.48. The molecule has 1 aliphatic heterocycles. The molecule has 0 aromatic heterocycles. The van der Waals surface area contributed by atoms with Crippen LogP contribution in [0.2, 0.25) is 26.2 Å². The summed E-state index contributed by atoms with van der Waals surface area (Å²) in [6.07, 6.45) is 12.4. The summed E-state index contributed by atoms with van der Waals surface area (Å²) in [5.74, 6) is 0. The molecule has 0 amide bonds. The molecule has 2 aromatic carbocycles. The second kappa shape index (κ2) is 17.2. The Labute approximate surface area is 286 Å². The summed E-state index contributed by atoms with van der Waals surface area (Å²) in [6, 6.07) is 16.0. The predicted octanol–water partition coefficient (Wildman–Crippen LogP) is 11.1. The molecular formula is C40H66O4Si2. The lowest BCUT2D eigenvalue weighted by molar-refractivity contribution is -0.217. The third-order valence-corrected chi connectivity index (χ3v) is 10.2. The van der Waals surface area contributed by atoms with Crippen molar-refractivity contribution in [1.29, 1.82) is 0 Å². The highest BCUT2D eigenvalue weighted by atomic mass is 28.3. The summed E-state index contributed by atoms with van der Waals surface area (Å²) in [5, 5.41) is 0. The molecule has 0 spiro atoms. The maximum absolute atomic E-state index is 6.79. The molecular weight excluding hydrogens is 601 g/mol. The molecule has 4 nitrogen and oxygen atoms in total. The molecule has 46 heavy (non-hydrogen) atoms. The third-order valence-electron chi connectivity index (χ3n) is 8.60. The Hall–Kier alpha value is -1.55. The summed E-state index contributed by atoms with van der Waals surface area (Å²) < 4.78 is 25.6. The van der Waals surface area contributed by atoms with Crippen LogP contribution in [0.3, 0.4) is 0 Å². The second-order valence-electron chi connectivity index (χ2n) is 16.7. The smallest absolute Gasteiger partial charge is 0.171 e. The highest BCUT2D eigenvalue weighted by Gasteiger charge is 2.36. The maximum atomic E-state index is 6.79. The lowest BCUT2D eigenvalue weighted by Crippen LogP contribution is -2.34. The number of benzene rings is 2. The first-order chi connectivity index (χ1) is 21.4. The lowest BCUT2D eigenvalue weighted by atomic mass is 9.77. The van der Waals surface area contributed by atoms with E-state index in [0.717, 1.165) is 45.1 Å².